The van der Waals surface area contributed by atoms with Crippen molar-refractivity contribution >= 4 is 23.1 Å². The molecular formula is C20H22ClNO3. The molecule has 0 spiro atoms. The molecule has 2 aromatic carbocycles. The van der Waals surface area contributed by atoms with Gasteiger partial charge in [0.25, 0.3) is 0 Å². The maximum Gasteiger partial charge on any atom is 0.187 e. The third kappa shape index (κ3) is 5.84. The van der Waals surface area contributed by atoms with Crippen LogP contribution < -0.4 is 14.8 Å². The van der Waals surface area contributed by atoms with Crippen molar-refractivity contribution in [3.8, 4) is 11.5 Å². The molecule has 25 heavy (non-hydrogen) atoms. The number of carbonyl (C=O) groups is 1. The number of nitrogens with one attached hydrogen (secondary N) is 1. The molecule has 0 atom stereocenters. The minimum Gasteiger partial charge on any atom is -0.495 e. The fourth-order valence-corrected chi connectivity index (χ4v) is 2.32. The fraction of sp³-hybridized carbons (Fsp3) is 0.250. The topological polar surface area (TPSA) is 47.6 Å². The van der Waals surface area contributed by atoms with E-state index in [2.05, 4.69) is 12.2 Å². The zero-order chi connectivity index (χ0) is 18.1. The van der Waals surface area contributed by atoms with Gasteiger partial charge in [0.15, 0.2) is 5.78 Å². The van der Waals surface area contributed by atoms with Gasteiger partial charge in [-0.2, -0.15) is 0 Å². The first-order chi connectivity index (χ1) is 12.1. The molecule has 0 aromatic heterocycles. The number of anilines is 1. The standard InChI is InChI=1S/C20H22ClNO3/c1-3-4-13-25-17-8-5-15(6-9-17)19(23)11-12-22-18-14-16(21)7-10-20(18)24-2/h5-12,14,22H,3-4,13H2,1-2H3/b12-11+. The van der Waals surface area contributed by atoms with Crippen molar-refractivity contribution in [1.82, 2.24) is 0 Å². The zero-order valence-corrected chi connectivity index (χ0v) is 15.2. The number of ketones is 1. The molecule has 0 aliphatic carbocycles. The second kappa shape index (κ2) is 9.74. The summed E-state index contributed by atoms with van der Waals surface area (Å²) in [6.45, 7) is 2.81. The Kier molecular flexibility index (Phi) is 7.36. The van der Waals surface area contributed by atoms with Crippen LogP contribution in [0.5, 0.6) is 11.5 Å². The molecule has 0 saturated carbocycles. The lowest BCUT2D eigenvalue weighted by molar-refractivity contribution is 0.104. The number of unbranched alkanes of at least 4 members (excludes halogenated alkanes) is 1. The van der Waals surface area contributed by atoms with Gasteiger partial charge < -0.3 is 14.8 Å². The molecule has 0 radical (unpaired) electrons. The molecule has 1 N–H and O–H groups in total. The van der Waals surface area contributed by atoms with E-state index < -0.39 is 0 Å². The molecule has 0 amide bonds. The number of benzene rings is 2. The van der Waals surface area contributed by atoms with Crippen molar-refractivity contribution in [3.05, 3.63) is 65.3 Å². The van der Waals surface area contributed by atoms with Crippen molar-refractivity contribution in [2.45, 2.75) is 19.8 Å². The molecule has 4 nitrogen and oxygen atoms in total. The number of rotatable bonds is 9. The lowest BCUT2D eigenvalue weighted by Crippen LogP contribution is -1.99. The highest BCUT2D eigenvalue weighted by Crippen LogP contribution is 2.27. The highest BCUT2D eigenvalue weighted by atomic mass is 35.5. The van der Waals surface area contributed by atoms with Crippen LogP contribution in [0.4, 0.5) is 5.69 Å². The van der Waals surface area contributed by atoms with Gasteiger partial charge >= 0.3 is 0 Å². The average Bonchev–Trinajstić information content (AvgIpc) is 2.62. The SMILES string of the molecule is CCCCOc1ccc(C(=O)/C=C/Nc2cc(Cl)ccc2OC)cc1. The second-order valence-corrected chi connectivity index (χ2v) is 5.85. The molecule has 0 aliphatic heterocycles. The zero-order valence-electron chi connectivity index (χ0n) is 14.4. The molecule has 132 valence electrons. The highest BCUT2D eigenvalue weighted by Gasteiger charge is 2.04. The Bertz CT molecular complexity index is 726. The van der Waals surface area contributed by atoms with Gasteiger partial charge in [0.2, 0.25) is 0 Å². The summed E-state index contributed by atoms with van der Waals surface area (Å²) in [5.41, 5.74) is 1.29. The number of ether oxygens (including phenoxy) is 2. The van der Waals surface area contributed by atoms with Gasteiger partial charge in [0.05, 0.1) is 19.4 Å². The largest absolute Gasteiger partial charge is 0.495 e. The summed E-state index contributed by atoms with van der Waals surface area (Å²) in [5, 5.41) is 3.60. The summed E-state index contributed by atoms with van der Waals surface area (Å²) < 4.78 is 10.8. The quantitative estimate of drug-likeness (QED) is 0.373. The predicted octanol–water partition coefficient (Wildman–Crippen LogP) is 5.34. The van der Waals surface area contributed by atoms with Gasteiger partial charge in [-0.1, -0.05) is 24.9 Å². The Hall–Kier alpha value is -2.46. The van der Waals surface area contributed by atoms with Gasteiger partial charge in [0.1, 0.15) is 11.5 Å². The summed E-state index contributed by atoms with van der Waals surface area (Å²) in [4.78, 5) is 12.2. The molecule has 2 rings (SSSR count). The molecule has 0 bridgehead atoms. The number of hydrogen-bond donors (Lipinski definition) is 1. The van der Waals surface area contributed by atoms with E-state index in [4.69, 9.17) is 21.1 Å². The van der Waals surface area contributed by atoms with E-state index in [1.807, 2.05) is 12.1 Å². The van der Waals surface area contributed by atoms with E-state index in [9.17, 15) is 4.79 Å². The molecule has 5 heteroatoms. The second-order valence-electron chi connectivity index (χ2n) is 5.41. The van der Waals surface area contributed by atoms with Crippen molar-refractivity contribution < 1.29 is 14.3 Å². The van der Waals surface area contributed by atoms with Crippen LogP contribution in [0.25, 0.3) is 0 Å². The number of halogens is 1. The maximum absolute atomic E-state index is 12.2. The lowest BCUT2D eigenvalue weighted by Gasteiger charge is -2.08. The monoisotopic (exact) mass is 359 g/mol. The first-order valence-corrected chi connectivity index (χ1v) is 8.55. The minimum absolute atomic E-state index is 0.103. The van der Waals surface area contributed by atoms with E-state index in [1.54, 1.807) is 43.6 Å². The van der Waals surface area contributed by atoms with Crippen LogP contribution in [-0.4, -0.2) is 19.5 Å². The highest BCUT2D eigenvalue weighted by molar-refractivity contribution is 6.30. The summed E-state index contributed by atoms with van der Waals surface area (Å²) in [6.07, 6.45) is 5.14. The van der Waals surface area contributed by atoms with E-state index in [0.29, 0.717) is 28.6 Å². The Morgan fingerprint density at radius 2 is 1.96 bits per heavy atom. The van der Waals surface area contributed by atoms with Crippen LogP contribution in [0.1, 0.15) is 30.1 Å². The number of methoxy groups -OCH3 is 1. The van der Waals surface area contributed by atoms with Crippen LogP contribution in [0.3, 0.4) is 0 Å². The summed E-state index contributed by atoms with van der Waals surface area (Å²) >= 11 is 5.97. The van der Waals surface area contributed by atoms with Crippen LogP contribution in [-0.2, 0) is 0 Å². The van der Waals surface area contributed by atoms with Crippen LogP contribution >= 0.6 is 11.6 Å². The minimum atomic E-state index is -0.103. The van der Waals surface area contributed by atoms with E-state index in [0.717, 1.165) is 18.6 Å². The number of allylic oxidation sites excluding steroid dienone is 1. The van der Waals surface area contributed by atoms with Crippen molar-refractivity contribution in [2.24, 2.45) is 0 Å². The Labute approximate surface area is 153 Å². The Morgan fingerprint density at radius 3 is 2.64 bits per heavy atom. The summed E-state index contributed by atoms with van der Waals surface area (Å²) in [5.74, 6) is 1.32. The smallest absolute Gasteiger partial charge is 0.187 e. The Morgan fingerprint density at radius 1 is 1.20 bits per heavy atom. The van der Waals surface area contributed by atoms with Gasteiger partial charge in [-0.15, -0.1) is 0 Å². The van der Waals surface area contributed by atoms with Gasteiger partial charge in [-0.3, -0.25) is 4.79 Å². The van der Waals surface area contributed by atoms with Crippen molar-refractivity contribution in [1.29, 1.82) is 0 Å². The number of hydrogen-bond acceptors (Lipinski definition) is 4. The molecule has 2 aromatic rings. The third-order valence-corrected chi connectivity index (χ3v) is 3.78. The molecule has 0 unspecified atom stereocenters. The van der Waals surface area contributed by atoms with Gasteiger partial charge in [-0.25, -0.2) is 0 Å². The predicted molar refractivity (Wildman–Crippen MR) is 102 cm³/mol. The molecule has 0 heterocycles. The van der Waals surface area contributed by atoms with Crippen LogP contribution in [0, 0.1) is 0 Å². The van der Waals surface area contributed by atoms with Crippen LogP contribution in [0.15, 0.2) is 54.7 Å². The third-order valence-electron chi connectivity index (χ3n) is 3.54. The van der Waals surface area contributed by atoms with Gasteiger partial charge in [0, 0.05) is 22.9 Å². The summed E-state index contributed by atoms with van der Waals surface area (Å²) in [6, 6.07) is 12.4. The first kappa shape index (κ1) is 18.9. The molecule has 0 fully saturated rings. The van der Waals surface area contributed by atoms with Crippen molar-refractivity contribution in [3.63, 3.8) is 0 Å². The maximum atomic E-state index is 12.2. The number of carbonyl (C=O) groups excluding carboxylic acids is 1. The van der Waals surface area contributed by atoms with Crippen LogP contribution in [0.2, 0.25) is 5.02 Å². The van der Waals surface area contributed by atoms with Gasteiger partial charge in [-0.05, 0) is 48.9 Å². The fourth-order valence-electron chi connectivity index (χ4n) is 2.15. The lowest BCUT2D eigenvalue weighted by atomic mass is 10.1. The first-order valence-electron chi connectivity index (χ1n) is 8.18. The average molecular weight is 360 g/mol. The van der Waals surface area contributed by atoms with Crippen molar-refractivity contribution in [2.75, 3.05) is 19.0 Å². The Balaban J connectivity index is 1.95. The van der Waals surface area contributed by atoms with E-state index in [1.165, 1.54) is 6.08 Å². The molecular weight excluding hydrogens is 338 g/mol. The normalized spacial score (nSPS) is 10.7. The summed E-state index contributed by atoms with van der Waals surface area (Å²) in [7, 11) is 1.58. The van der Waals surface area contributed by atoms with E-state index in [-0.39, 0.29) is 5.78 Å². The molecule has 0 aliphatic rings. The van der Waals surface area contributed by atoms with E-state index >= 15 is 0 Å². The molecule has 0 saturated heterocycles.